The maximum absolute atomic E-state index is 11.9. The molecule has 0 aromatic heterocycles. The summed E-state index contributed by atoms with van der Waals surface area (Å²) in [5, 5.41) is 18.6. The Bertz CT molecular complexity index is 817. The van der Waals surface area contributed by atoms with Crippen LogP contribution in [0.4, 0.5) is 0 Å². The number of carbonyl (C=O) groups excluding carboxylic acids is 2. The normalized spacial score (nSPS) is 14.6. The van der Waals surface area contributed by atoms with Gasteiger partial charge >= 0.3 is 11.9 Å². The fourth-order valence-electron chi connectivity index (χ4n) is 3.85. The highest BCUT2D eigenvalue weighted by molar-refractivity contribution is 5.73. The number of hydrogen-bond acceptors (Lipinski definition) is 8. The van der Waals surface area contributed by atoms with Gasteiger partial charge < -0.3 is 29.5 Å². The third-order valence-electron chi connectivity index (χ3n) is 5.80. The Kier molecular flexibility index (Phi) is 10.2. The van der Waals surface area contributed by atoms with Crippen LogP contribution in [0.5, 0.6) is 11.5 Å². The molecule has 3 rings (SSSR count). The lowest BCUT2D eigenvalue weighted by Gasteiger charge is -2.34. The van der Waals surface area contributed by atoms with E-state index < -0.39 is 0 Å². The molecule has 0 saturated carbocycles. The summed E-state index contributed by atoms with van der Waals surface area (Å²) in [6, 6.07) is 13.1. The Balaban J connectivity index is 1.18. The molecule has 8 nitrogen and oxygen atoms in total. The zero-order valence-electron chi connectivity index (χ0n) is 19.5. The zero-order valence-corrected chi connectivity index (χ0v) is 19.5. The first-order valence-electron chi connectivity index (χ1n) is 11.8. The van der Waals surface area contributed by atoms with Crippen LogP contribution in [0, 0.1) is 0 Å². The van der Waals surface area contributed by atoms with Crippen molar-refractivity contribution in [2.45, 2.75) is 25.7 Å². The Morgan fingerprint density at radius 1 is 0.647 bits per heavy atom. The van der Waals surface area contributed by atoms with E-state index in [0.29, 0.717) is 13.2 Å². The van der Waals surface area contributed by atoms with Gasteiger partial charge in [0.15, 0.2) is 0 Å². The van der Waals surface area contributed by atoms with Crippen molar-refractivity contribution >= 4 is 11.9 Å². The average molecular weight is 471 g/mol. The number of phenolic OH excluding ortho intramolecular Hbond substituents is 2. The van der Waals surface area contributed by atoms with Gasteiger partial charge in [0, 0.05) is 39.3 Å². The molecule has 2 aromatic carbocycles. The van der Waals surface area contributed by atoms with E-state index in [0.717, 1.165) is 63.2 Å². The molecule has 1 saturated heterocycles. The van der Waals surface area contributed by atoms with Gasteiger partial charge in [-0.05, 0) is 48.2 Å². The SMILES string of the molecule is O=C(Cc1ccc(O)cc1)OCCCN1CCN(CCCOC(=O)Cc2ccc(O)cc2)CC1. The van der Waals surface area contributed by atoms with E-state index in [-0.39, 0.29) is 36.3 Å². The number of benzene rings is 2. The van der Waals surface area contributed by atoms with Gasteiger partial charge in [0.1, 0.15) is 11.5 Å². The molecular weight excluding hydrogens is 436 g/mol. The lowest BCUT2D eigenvalue weighted by molar-refractivity contribution is -0.144. The summed E-state index contributed by atoms with van der Waals surface area (Å²) in [6.07, 6.45) is 2.03. The number of ether oxygens (including phenoxy) is 2. The number of phenols is 2. The molecule has 0 amide bonds. The number of piperazine rings is 1. The van der Waals surface area contributed by atoms with Crippen molar-refractivity contribution in [2.75, 3.05) is 52.5 Å². The van der Waals surface area contributed by atoms with Crippen LogP contribution in [0.1, 0.15) is 24.0 Å². The minimum Gasteiger partial charge on any atom is -0.508 e. The molecule has 0 bridgehead atoms. The Morgan fingerprint density at radius 2 is 1.00 bits per heavy atom. The van der Waals surface area contributed by atoms with Crippen LogP contribution in [0.2, 0.25) is 0 Å². The number of nitrogens with zero attached hydrogens (tertiary/aromatic N) is 2. The van der Waals surface area contributed by atoms with Crippen LogP contribution in [0.15, 0.2) is 48.5 Å². The second-order valence-corrected chi connectivity index (χ2v) is 8.52. The van der Waals surface area contributed by atoms with Crippen LogP contribution >= 0.6 is 0 Å². The standard InChI is InChI=1S/C26H34N2O6/c29-23-7-3-21(4-8-23)19-25(31)33-17-1-11-27-13-15-28(16-14-27)12-2-18-34-26(32)20-22-5-9-24(30)10-6-22/h3-10,29-30H,1-2,11-20H2. The number of aromatic hydroxyl groups is 2. The van der Waals surface area contributed by atoms with Crippen molar-refractivity contribution in [3.8, 4) is 11.5 Å². The molecule has 0 unspecified atom stereocenters. The molecule has 8 heteroatoms. The second kappa shape index (κ2) is 13.6. The predicted octanol–water partition coefficient (Wildman–Crippen LogP) is 2.37. The van der Waals surface area contributed by atoms with Gasteiger partial charge in [-0.15, -0.1) is 0 Å². The van der Waals surface area contributed by atoms with Gasteiger partial charge in [-0.2, -0.15) is 0 Å². The minimum absolute atomic E-state index is 0.183. The number of hydrogen-bond donors (Lipinski definition) is 2. The molecule has 0 spiro atoms. The van der Waals surface area contributed by atoms with Gasteiger partial charge in [0.2, 0.25) is 0 Å². The van der Waals surface area contributed by atoms with Gasteiger partial charge in [0.25, 0.3) is 0 Å². The summed E-state index contributed by atoms with van der Waals surface area (Å²) in [5.74, 6) is -0.135. The third-order valence-corrected chi connectivity index (χ3v) is 5.80. The molecule has 1 aliphatic rings. The van der Waals surface area contributed by atoms with E-state index in [1.807, 2.05) is 0 Å². The molecule has 1 fully saturated rings. The number of carbonyl (C=O) groups is 2. The minimum atomic E-state index is -0.251. The first-order chi connectivity index (χ1) is 16.5. The van der Waals surface area contributed by atoms with Crippen molar-refractivity contribution in [3.63, 3.8) is 0 Å². The Morgan fingerprint density at radius 3 is 1.35 bits per heavy atom. The second-order valence-electron chi connectivity index (χ2n) is 8.52. The molecule has 1 heterocycles. The van der Waals surface area contributed by atoms with Gasteiger partial charge in [-0.3, -0.25) is 9.59 Å². The first kappa shape index (κ1) is 25.5. The van der Waals surface area contributed by atoms with E-state index in [9.17, 15) is 19.8 Å². The largest absolute Gasteiger partial charge is 0.508 e. The predicted molar refractivity (Wildman–Crippen MR) is 128 cm³/mol. The Hall–Kier alpha value is -3.10. The first-order valence-corrected chi connectivity index (χ1v) is 11.8. The third kappa shape index (κ3) is 9.41. The van der Waals surface area contributed by atoms with Gasteiger partial charge in [-0.25, -0.2) is 0 Å². The molecule has 2 aromatic rings. The van der Waals surface area contributed by atoms with E-state index in [1.165, 1.54) is 0 Å². The van der Waals surface area contributed by atoms with Crippen LogP contribution in [0.25, 0.3) is 0 Å². The van der Waals surface area contributed by atoms with Crippen LogP contribution in [-0.4, -0.2) is 84.4 Å². The monoisotopic (exact) mass is 470 g/mol. The maximum atomic E-state index is 11.9. The van der Waals surface area contributed by atoms with Crippen molar-refractivity contribution in [2.24, 2.45) is 0 Å². The maximum Gasteiger partial charge on any atom is 0.310 e. The van der Waals surface area contributed by atoms with E-state index in [1.54, 1.807) is 48.5 Å². The smallest absolute Gasteiger partial charge is 0.310 e. The van der Waals surface area contributed by atoms with Crippen LogP contribution < -0.4 is 0 Å². The molecule has 184 valence electrons. The van der Waals surface area contributed by atoms with Crippen molar-refractivity contribution in [1.82, 2.24) is 9.80 Å². The average Bonchev–Trinajstić information content (AvgIpc) is 2.83. The summed E-state index contributed by atoms with van der Waals surface area (Å²) in [7, 11) is 0. The molecule has 0 aliphatic carbocycles. The highest BCUT2D eigenvalue weighted by Crippen LogP contribution is 2.12. The summed E-state index contributed by atoms with van der Waals surface area (Å²) >= 11 is 0. The molecule has 34 heavy (non-hydrogen) atoms. The molecule has 1 aliphatic heterocycles. The fraction of sp³-hybridized carbons (Fsp3) is 0.462. The van der Waals surface area contributed by atoms with E-state index >= 15 is 0 Å². The number of esters is 2. The number of rotatable bonds is 12. The van der Waals surface area contributed by atoms with Crippen molar-refractivity contribution in [3.05, 3.63) is 59.7 Å². The fourth-order valence-corrected chi connectivity index (χ4v) is 3.85. The van der Waals surface area contributed by atoms with E-state index in [4.69, 9.17) is 9.47 Å². The molecular formula is C26H34N2O6. The molecule has 0 radical (unpaired) electrons. The van der Waals surface area contributed by atoms with Gasteiger partial charge in [0.05, 0.1) is 26.1 Å². The summed E-state index contributed by atoms with van der Waals surface area (Å²) in [5.41, 5.74) is 1.65. The molecule has 2 N–H and O–H groups in total. The zero-order chi connectivity index (χ0) is 24.2. The van der Waals surface area contributed by atoms with Crippen molar-refractivity contribution in [1.29, 1.82) is 0 Å². The highest BCUT2D eigenvalue weighted by Gasteiger charge is 2.16. The summed E-state index contributed by atoms with van der Waals surface area (Å²) < 4.78 is 10.6. The van der Waals surface area contributed by atoms with Crippen LogP contribution in [0.3, 0.4) is 0 Å². The quantitative estimate of drug-likeness (QED) is 0.360. The lowest BCUT2D eigenvalue weighted by Crippen LogP contribution is -2.47. The highest BCUT2D eigenvalue weighted by atomic mass is 16.5. The van der Waals surface area contributed by atoms with Gasteiger partial charge in [-0.1, -0.05) is 24.3 Å². The van der Waals surface area contributed by atoms with Crippen molar-refractivity contribution < 1.29 is 29.3 Å². The summed E-state index contributed by atoms with van der Waals surface area (Å²) in [6.45, 7) is 6.51. The van der Waals surface area contributed by atoms with E-state index in [2.05, 4.69) is 9.80 Å². The van der Waals surface area contributed by atoms with Crippen LogP contribution in [-0.2, 0) is 31.9 Å². The molecule has 0 atom stereocenters. The summed E-state index contributed by atoms with van der Waals surface area (Å²) in [4.78, 5) is 28.6. The lowest BCUT2D eigenvalue weighted by atomic mass is 10.1. The topological polar surface area (TPSA) is 99.5 Å². The Labute approximate surface area is 200 Å².